The van der Waals surface area contributed by atoms with Crippen LogP contribution in [0.3, 0.4) is 0 Å². The van der Waals surface area contributed by atoms with E-state index in [0.29, 0.717) is 6.54 Å². The molecule has 5 heteroatoms. The molecule has 20 heavy (non-hydrogen) atoms. The van der Waals surface area contributed by atoms with Gasteiger partial charge in [0.1, 0.15) is 5.82 Å². The van der Waals surface area contributed by atoms with E-state index in [1.54, 1.807) is 23.1 Å². The molecule has 0 amide bonds. The summed E-state index contributed by atoms with van der Waals surface area (Å²) >= 11 is 3.42. The van der Waals surface area contributed by atoms with Gasteiger partial charge in [0.05, 0.1) is 16.8 Å². The minimum atomic E-state index is 0.578. The fraction of sp³-hybridized carbons (Fsp3) is 0.133. The van der Waals surface area contributed by atoms with E-state index in [1.165, 1.54) is 9.77 Å². The first kappa shape index (κ1) is 13.4. The van der Waals surface area contributed by atoms with Crippen LogP contribution in [0.25, 0.3) is 22.0 Å². The highest BCUT2D eigenvalue weighted by atomic mass is 32.2. The molecule has 0 unspecified atom stereocenters. The van der Waals surface area contributed by atoms with Gasteiger partial charge in [-0.1, -0.05) is 12.1 Å². The number of aromatic nitrogens is 2. The Balaban J connectivity index is 1.88. The van der Waals surface area contributed by atoms with Gasteiger partial charge in [0.15, 0.2) is 0 Å². The lowest BCUT2D eigenvalue weighted by Crippen LogP contribution is -1.91. The number of nitrogens with one attached hydrogen (secondary N) is 1. The van der Waals surface area contributed by atoms with Crippen molar-refractivity contribution in [2.45, 2.75) is 11.4 Å². The van der Waals surface area contributed by atoms with E-state index in [2.05, 4.69) is 52.6 Å². The SMILES string of the molecule is CSc1ccc(-c2cnc(-c3ccc(CN)s3)[nH]2)cc1. The van der Waals surface area contributed by atoms with Gasteiger partial charge in [-0.3, -0.25) is 0 Å². The van der Waals surface area contributed by atoms with Crippen LogP contribution in [-0.2, 0) is 6.54 Å². The van der Waals surface area contributed by atoms with Crippen molar-refractivity contribution in [3.63, 3.8) is 0 Å². The summed E-state index contributed by atoms with van der Waals surface area (Å²) in [4.78, 5) is 11.4. The van der Waals surface area contributed by atoms with Gasteiger partial charge in [-0.2, -0.15) is 0 Å². The second-order valence-corrected chi connectivity index (χ2v) is 6.39. The number of aromatic amines is 1. The smallest absolute Gasteiger partial charge is 0.147 e. The molecule has 2 heterocycles. The van der Waals surface area contributed by atoms with Gasteiger partial charge in [-0.25, -0.2) is 4.98 Å². The molecule has 0 saturated carbocycles. The molecule has 3 aromatic rings. The number of nitrogens with zero attached hydrogens (tertiary/aromatic N) is 1. The fourth-order valence-electron chi connectivity index (χ4n) is 1.98. The first-order chi connectivity index (χ1) is 9.80. The molecule has 0 aliphatic heterocycles. The van der Waals surface area contributed by atoms with Crippen molar-refractivity contribution in [3.8, 4) is 22.0 Å². The van der Waals surface area contributed by atoms with E-state index < -0.39 is 0 Å². The molecular formula is C15H15N3S2. The van der Waals surface area contributed by atoms with Gasteiger partial charge in [0.25, 0.3) is 0 Å². The van der Waals surface area contributed by atoms with Crippen LogP contribution in [0.1, 0.15) is 4.88 Å². The molecule has 0 aliphatic carbocycles. The zero-order valence-corrected chi connectivity index (χ0v) is 12.7. The van der Waals surface area contributed by atoms with Crippen LogP contribution in [0.2, 0.25) is 0 Å². The van der Waals surface area contributed by atoms with Gasteiger partial charge in [0, 0.05) is 16.3 Å². The summed E-state index contributed by atoms with van der Waals surface area (Å²) in [5, 5.41) is 0. The lowest BCUT2D eigenvalue weighted by atomic mass is 10.2. The summed E-state index contributed by atoms with van der Waals surface area (Å²) in [5.41, 5.74) is 7.83. The van der Waals surface area contributed by atoms with Crippen molar-refractivity contribution in [2.24, 2.45) is 5.73 Å². The highest BCUT2D eigenvalue weighted by Gasteiger charge is 2.07. The Kier molecular flexibility index (Phi) is 3.91. The third kappa shape index (κ3) is 2.65. The molecule has 0 aliphatic rings. The Morgan fingerprint density at radius 1 is 1.20 bits per heavy atom. The maximum absolute atomic E-state index is 5.64. The average Bonchev–Trinajstić information content (AvgIpc) is 3.16. The van der Waals surface area contributed by atoms with Gasteiger partial charge in [-0.05, 0) is 36.1 Å². The van der Waals surface area contributed by atoms with E-state index in [9.17, 15) is 0 Å². The second-order valence-electron chi connectivity index (χ2n) is 4.34. The molecule has 0 atom stereocenters. The molecule has 0 saturated heterocycles. The molecule has 0 spiro atoms. The molecule has 0 bridgehead atoms. The number of hydrogen-bond donors (Lipinski definition) is 2. The molecule has 3 rings (SSSR count). The van der Waals surface area contributed by atoms with Crippen LogP contribution in [0.15, 0.2) is 47.5 Å². The number of nitrogens with two attached hydrogens (primary N) is 1. The standard InChI is InChI=1S/C15H15N3S2/c1-19-11-4-2-10(3-5-11)13-9-17-15(18-13)14-7-6-12(8-16)20-14/h2-7,9H,8,16H2,1H3,(H,17,18). The summed E-state index contributed by atoms with van der Waals surface area (Å²) in [7, 11) is 0. The number of benzene rings is 1. The maximum atomic E-state index is 5.64. The van der Waals surface area contributed by atoms with Gasteiger partial charge < -0.3 is 10.7 Å². The monoisotopic (exact) mass is 301 g/mol. The number of thiophene rings is 1. The first-order valence-corrected chi connectivity index (χ1v) is 8.33. The predicted octanol–water partition coefficient (Wildman–Crippen LogP) is 3.99. The lowest BCUT2D eigenvalue weighted by Gasteiger charge is -1.99. The molecule has 0 radical (unpaired) electrons. The van der Waals surface area contributed by atoms with E-state index in [4.69, 9.17) is 5.73 Å². The Morgan fingerprint density at radius 3 is 2.65 bits per heavy atom. The van der Waals surface area contributed by atoms with E-state index in [0.717, 1.165) is 22.0 Å². The third-order valence-electron chi connectivity index (χ3n) is 3.07. The van der Waals surface area contributed by atoms with Gasteiger partial charge in [0.2, 0.25) is 0 Å². The van der Waals surface area contributed by atoms with Crippen molar-refractivity contribution in [1.29, 1.82) is 0 Å². The normalized spacial score (nSPS) is 10.9. The number of imidazole rings is 1. The van der Waals surface area contributed by atoms with Crippen molar-refractivity contribution in [2.75, 3.05) is 6.26 Å². The largest absolute Gasteiger partial charge is 0.337 e. The number of rotatable bonds is 4. The zero-order chi connectivity index (χ0) is 13.9. The second kappa shape index (κ2) is 5.83. The Morgan fingerprint density at radius 2 is 2.00 bits per heavy atom. The molecule has 3 nitrogen and oxygen atoms in total. The van der Waals surface area contributed by atoms with Crippen LogP contribution in [0.4, 0.5) is 0 Å². The third-order valence-corrected chi connectivity index (χ3v) is 4.93. The van der Waals surface area contributed by atoms with Crippen LogP contribution in [0.5, 0.6) is 0 Å². The van der Waals surface area contributed by atoms with Crippen LogP contribution < -0.4 is 5.73 Å². The molecule has 0 fully saturated rings. The number of H-pyrrole nitrogens is 1. The Labute approximate surface area is 126 Å². The summed E-state index contributed by atoms with van der Waals surface area (Å²) < 4.78 is 0. The van der Waals surface area contributed by atoms with E-state index in [1.807, 2.05) is 6.20 Å². The van der Waals surface area contributed by atoms with Crippen LogP contribution in [0, 0.1) is 0 Å². The number of hydrogen-bond acceptors (Lipinski definition) is 4. The Hall–Kier alpha value is -1.56. The zero-order valence-electron chi connectivity index (χ0n) is 11.1. The Bertz CT molecular complexity index is 698. The van der Waals surface area contributed by atoms with Crippen LogP contribution >= 0.6 is 23.1 Å². The average molecular weight is 301 g/mol. The minimum Gasteiger partial charge on any atom is -0.337 e. The fourth-order valence-corrected chi connectivity index (χ4v) is 3.23. The van der Waals surface area contributed by atoms with Crippen molar-refractivity contribution < 1.29 is 0 Å². The molecule has 3 N–H and O–H groups in total. The topological polar surface area (TPSA) is 54.7 Å². The summed E-state index contributed by atoms with van der Waals surface area (Å²) in [5.74, 6) is 0.902. The van der Waals surface area contributed by atoms with Gasteiger partial charge >= 0.3 is 0 Å². The predicted molar refractivity (Wildman–Crippen MR) is 87.0 cm³/mol. The van der Waals surface area contributed by atoms with Crippen molar-refractivity contribution in [3.05, 3.63) is 47.5 Å². The van der Waals surface area contributed by atoms with Crippen molar-refractivity contribution >= 4 is 23.1 Å². The summed E-state index contributed by atoms with van der Waals surface area (Å²) in [6.45, 7) is 0.578. The quantitative estimate of drug-likeness (QED) is 0.717. The molecule has 102 valence electrons. The molecule has 2 aromatic heterocycles. The van der Waals surface area contributed by atoms with Crippen LogP contribution in [-0.4, -0.2) is 16.2 Å². The lowest BCUT2D eigenvalue weighted by molar-refractivity contribution is 1.11. The maximum Gasteiger partial charge on any atom is 0.147 e. The first-order valence-electron chi connectivity index (χ1n) is 6.28. The highest BCUT2D eigenvalue weighted by Crippen LogP contribution is 2.28. The van der Waals surface area contributed by atoms with Crippen molar-refractivity contribution in [1.82, 2.24) is 9.97 Å². The van der Waals surface area contributed by atoms with E-state index >= 15 is 0 Å². The summed E-state index contributed by atoms with van der Waals surface area (Å²) in [6, 6.07) is 12.6. The number of thioether (sulfide) groups is 1. The van der Waals surface area contributed by atoms with Gasteiger partial charge in [-0.15, -0.1) is 23.1 Å². The minimum absolute atomic E-state index is 0.578. The molecular weight excluding hydrogens is 286 g/mol. The summed E-state index contributed by atoms with van der Waals surface area (Å²) in [6.07, 6.45) is 3.96. The van der Waals surface area contributed by atoms with E-state index in [-0.39, 0.29) is 0 Å². The highest BCUT2D eigenvalue weighted by molar-refractivity contribution is 7.98. The molecule has 1 aromatic carbocycles.